The molecule has 2 aromatic rings. The van der Waals surface area contributed by atoms with E-state index in [0.29, 0.717) is 18.1 Å². The van der Waals surface area contributed by atoms with Crippen LogP contribution in [0.25, 0.3) is 0 Å². The quantitative estimate of drug-likeness (QED) is 0.608. The molecule has 0 bridgehead atoms. The number of nitrogens with zero attached hydrogens (tertiary/aromatic N) is 5. The van der Waals surface area contributed by atoms with Crippen LogP contribution < -0.4 is 25.2 Å². The van der Waals surface area contributed by atoms with E-state index < -0.39 is 17.1 Å². The average molecular weight is 514 g/mol. The van der Waals surface area contributed by atoms with E-state index in [9.17, 15) is 9.59 Å². The summed E-state index contributed by atoms with van der Waals surface area (Å²) in [5.74, 6) is -0.0878. The van der Waals surface area contributed by atoms with Crippen molar-refractivity contribution in [1.82, 2.24) is 20.2 Å². The van der Waals surface area contributed by atoms with Crippen LogP contribution in [0.5, 0.6) is 5.75 Å². The Balaban J connectivity index is 1.63. The Morgan fingerprint density at radius 1 is 1.27 bits per heavy atom. The van der Waals surface area contributed by atoms with Gasteiger partial charge in [-0.1, -0.05) is 0 Å². The summed E-state index contributed by atoms with van der Waals surface area (Å²) in [6, 6.07) is 2.64. The fraction of sp³-hybridized carbons (Fsp3) is 0.538. The van der Waals surface area contributed by atoms with Gasteiger partial charge in [0.15, 0.2) is 5.82 Å². The van der Waals surface area contributed by atoms with Gasteiger partial charge in [0.2, 0.25) is 11.9 Å². The number of amides is 2. The van der Waals surface area contributed by atoms with Crippen molar-refractivity contribution < 1.29 is 18.7 Å². The minimum atomic E-state index is -0.683. The van der Waals surface area contributed by atoms with Gasteiger partial charge in [-0.2, -0.15) is 4.98 Å². The number of likely N-dealkylation sites (tertiary alicyclic amines) is 1. The Labute approximate surface area is 217 Å². The monoisotopic (exact) mass is 513 g/mol. The Morgan fingerprint density at radius 2 is 2.00 bits per heavy atom. The molecule has 0 radical (unpaired) electrons. The van der Waals surface area contributed by atoms with Crippen molar-refractivity contribution in [3.05, 3.63) is 29.7 Å². The Bertz CT molecular complexity index is 1200. The first-order valence-electron chi connectivity index (χ1n) is 12.5. The lowest BCUT2D eigenvalue weighted by Gasteiger charge is -2.32. The number of anilines is 4. The van der Waals surface area contributed by atoms with Crippen molar-refractivity contribution in [1.29, 1.82) is 0 Å². The van der Waals surface area contributed by atoms with Gasteiger partial charge in [-0.15, -0.1) is 0 Å². The maximum absolute atomic E-state index is 15.1. The minimum Gasteiger partial charge on any atom is -0.495 e. The smallest absolute Gasteiger partial charge is 0.254 e. The van der Waals surface area contributed by atoms with Gasteiger partial charge < -0.3 is 30.1 Å². The highest BCUT2D eigenvalue weighted by Crippen LogP contribution is 2.38. The second-order valence-electron chi connectivity index (χ2n) is 10.8. The molecule has 0 aliphatic carbocycles. The molecule has 1 fully saturated rings. The van der Waals surface area contributed by atoms with Crippen molar-refractivity contribution in [3.8, 4) is 5.75 Å². The number of fused-ring (bicyclic) bond motifs is 1. The number of rotatable bonds is 6. The van der Waals surface area contributed by atoms with Gasteiger partial charge >= 0.3 is 0 Å². The van der Waals surface area contributed by atoms with E-state index in [1.165, 1.54) is 19.2 Å². The topological polar surface area (TPSA) is 103 Å². The van der Waals surface area contributed by atoms with Crippen LogP contribution in [0.3, 0.4) is 0 Å². The number of methoxy groups -OCH3 is 1. The van der Waals surface area contributed by atoms with Crippen LogP contribution in [-0.2, 0) is 4.79 Å². The molecule has 3 heterocycles. The second-order valence-corrected chi connectivity index (χ2v) is 10.8. The summed E-state index contributed by atoms with van der Waals surface area (Å²) in [6.45, 7) is 10.00. The summed E-state index contributed by atoms with van der Waals surface area (Å²) in [4.78, 5) is 40.7. The van der Waals surface area contributed by atoms with Gasteiger partial charge in [0.25, 0.3) is 5.91 Å². The molecule has 2 aliphatic heterocycles. The number of hydrogen-bond donors (Lipinski definition) is 2. The van der Waals surface area contributed by atoms with E-state index in [-0.39, 0.29) is 40.9 Å². The van der Waals surface area contributed by atoms with Gasteiger partial charge in [-0.3, -0.25) is 9.59 Å². The fourth-order valence-electron chi connectivity index (χ4n) is 4.86. The van der Waals surface area contributed by atoms with Gasteiger partial charge in [-0.05, 0) is 53.8 Å². The minimum absolute atomic E-state index is 0.0208. The summed E-state index contributed by atoms with van der Waals surface area (Å²) in [6.07, 6.45) is 2.41. The molecule has 2 N–H and O–H groups in total. The van der Waals surface area contributed by atoms with Crippen LogP contribution in [0.1, 0.15) is 44.5 Å². The molecule has 200 valence electrons. The summed E-state index contributed by atoms with van der Waals surface area (Å²) < 4.78 is 20.5. The summed E-state index contributed by atoms with van der Waals surface area (Å²) in [5, 5.41) is 5.93. The predicted octanol–water partition coefficient (Wildman–Crippen LogP) is 3.02. The molecule has 2 aliphatic rings. The van der Waals surface area contributed by atoms with E-state index in [0.717, 1.165) is 19.5 Å². The molecule has 4 rings (SSSR count). The molecule has 1 aromatic carbocycles. The lowest BCUT2D eigenvalue weighted by Crippen LogP contribution is -2.44. The molecule has 1 aromatic heterocycles. The lowest BCUT2D eigenvalue weighted by atomic mass is 9.91. The zero-order valence-electron chi connectivity index (χ0n) is 22.6. The van der Waals surface area contributed by atoms with Crippen molar-refractivity contribution in [2.75, 3.05) is 56.0 Å². The van der Waals surface area contributed by atoms with Gasteiger partial charge in [-0.25, -0.2) is 9.37 Å². The van der Waals surface area contributed by atoms with Crippen LogP contribution in [0, 0.1) is 11.2 Å². The number of nitrogens with one attached hydrogen (secondary N) is 2. The third-order valence-electron chi connectivity index (χ3n) is 6.96. The fourth-order valence-corrected chi connectivity index (χ4v) is 4.86. The molecule has 1 saturated heterocycles. The number of halogens is 1. The van der Waals surface area contributed by atoms with E-state index in [1.54, 1.807) is 18.1 Å². The van der Waals surface area contributed by atoms with Crippen LogP contribution in [0.15, 0.2) is 18.3 Å². The summed E-state index contributed by atoms with van der Waals surface area (Å²) >= 11 is 0. The van der Waals surface area contributed by atoms with Gasteiger partial charge in [0.1, 0.15) is 17.3 Å². The molecular weight excluding hydrogens is 477 g/mol. The van der Waals surface area contributed by atoms with E-state index in [1.807, 2.05) is 34.7 Å². The van der Waals surface area contributed by atoms with Gasteiger partial charge in [0.05, 0.1) is 30.0 Å². The first-order chi connectivity index (χ1) is 17.4. The number of hydrogen-bond acceptors (Lipinski definition) is 8. The molecule has 0 unspecified atom stereocenters. The third-order valence-corrected chi connectivity index (χ3v) is 6.96. The third kappa shape index (κ3) is 5.31. The highest BCUT2D eigenvalue weighted by atomic mass is 19.1. The molecule has 2 amide bonds. The summed E-state index contributed by atoms with van der Waals surface area (Å²) in [5.41, 5.74) is 0.168. The molecule has 37 heavy (non-hydrogen) atoms. The highest BCUT2D eigenvalue weighted by molar-refractivity contribution is 6.01. The standard InChI is InChI=1S/C26H36FN7O3/c1-15(2)34-14-26(3,4)24(36)33(6)20-12-28-25(31-22(20)34)30-19-11-18(27)17(10-21(19)37-7)23(35)29-16-8-9-32(5)13-16/h10-12,15-16H,8-9,13-14H2,1-7H3,(H,29,35)(H,28,30,31)/t16-/m1/s1. The molecule has 0 saturated carbocycles. The molecular formula is C26H36FN7O3. The normalized spacial score (nSPS) is 19.6. The van der Waals surface area contributed by atoms with Crippen molar-refractivity contribution in [3.63, 3.8) is 0 Å². The maximum Gasteiger partial charge on any atom is 0.254 e. The van der Waals surface area contributed by atoms with E-state index in [2.05, 4.69) is 25.4 Å². The van der Waals surface area contributed by atoms with Crippen LogP contribution in [0.4, 0.5) is 27.5 Å². The number of carbonyl (C=O) groups is 2. The van der Waals surface area contributed by atoms with E-state index >= 15 is 4.39 Å². The first-order valence-corrected chi connectivity index (χ1v) is 12.5. The van der Waals surface area contributed by atoms with Gasteiger partial charge in [0, 0.05) is 38.3 Å². The molecule has 11 heteroatoms. The van der Waals surface area contributed by atoms with Crippen molar-refractivity contribution >= 4 is 35.0 Å². The summed E-state index contributed by atoms with van der Waals surface area (Å²) in [7, 11) is 5.15. The molecule has 1 atom stereocenters. The zero-order chi connectivity index (χ0) is 27.1. The number of ether oxygens (including phenoxy) is 1. The van der Waals surface area contributed by atoms with Crippen molar-refractivity contribution in [2.24, 2.45) is 5.41 Å². The zero-order valence-corrected chi connectivity index (χ0v) is 22.6. The Hall–Kier alpha value is -3.47. The van der Waals surface area contributed by atoms with Crippen LogP contribution in [0.2, 0.25) is 0 Å². The Morgan fingerprint density at radius 3 is 2.62 bits per heavy atom. The maximum atomic E-state index is 15.1. The SMILES string of the molecule is COc1cc(C(=O)N[C@@H]2CCN(C)C2)c(F)cc1Nc1ncc2c(n1)N(C(C)C)CC(C)(C)C(=O)N2C. The van der Waals surface area contributed by atoms with Crippen LogP contribution in [-0.4, -0.2) is 79.6 Å². The second kappa shape index (κ2) is 10.1. The number of aromatic nitrogens is 2. The molecule has 0 spiro atoms. The van der Waals surface area contributed by atoms with Crippen LogP contribution >= 0.6 is 0 Å². The average Bonchev–Trinajstić information content (AvgIpc) is 3.22. The number of benzene rings is 1. The van der Waals surface area contributed by atoms with Crippen molar-refractivity contribution in [2.45, 2.75) is 46.2 Å². The largest absolute Gasteiger partial charge is 0.495 e. The molecule has 10 nitrogen and oxygen atoms in total. The lowest BCUT2D eigenvalue weighted by molar-refractivity contribution is -0.125. The number of likely N-dealkylation sites (N-methyl/N-ethyl adjacent to an activating group) is 1. The predicted molar refractivity (Wildman–Crippen MR) is 141 cm³/mol. The van der Waals surface area contributed by atoms with E-state index in [4.69, 9.17) is 9.72 Å². The Kier molecular flexibility index (Phi) is 7.27. The number of carbonyl (C=O) groups excluding carboxylic acids is 2. The first kappa shape index (κ1) is 26.6. The highest BCUT2D eigenvalue weighted by Gasteiger charge is 2.39.